The summed E-state index contributed by atoms with van der Waals surface area (Å²) in [5, 5.41) is 0. The van der Waals surface area contributed by atoms with Gasteiger partial charge >= 0.3 is 0 Å². The highest BCUT2D eigenvalue weighted by molar-refractivity contribution is 9.11. The highest BCUT2D eigenvalue weighted by Gasteiger charge is 2.21. The predicted molar refractivity (Wildman–Crippen MR) is 86.9 cm³/mol. The maximum atomic E-state index is 13.8. The van der Waals surface area contributed by atoms with E-state index in [9.17, 15) is 12.8 Å². The lowest BCUT2D eigenvalue weighted by atomic mass is 10.2. The molecule has 0 atom stereocenters. The Morgan fingerprint density at radius 1 is 1.14 bits per heavy atom. The number of para-hydroxylation sites is 1. The van der Waals surface area contributed by atoms with Crippen LogP contribution >= 0.6 is 31.9 Å². The van der Waals surface area contributed by atoms with Crippen LogP contribution in [-0.4, -0.2) is 8.42 Å². The smallest absolute Gasteiger partial charge is 0.264 e. The molecule has 0 bridgehead atoms. The fourth-order valence-corrected chi connectivity index (χ4v) is 4.35. The Balaban J connectivity index is 2.48. The molecule has 2 aromatic rings. The summed E-state index contributed by atoms with van der Waals surface area (Å²) in [5.41, 5.74) is 6.29. The van der Waals surface area contributed by atoms with Crippen LogP contribution < -0.4 is 10.5 Å². The molecule has 2 aromatic carbocycles. The Morgan fingerprint density at radius 3 is 2.33 bits per heavy atom. The van der Waals surface area contributed by atoms with Gasteiger partial charge in [-0.05, 0) is 61.7 Å². The number of hydrogen-bond donors (Lipinski definition) is 2. The van der Waals surface area contributed by atoms with E-state index >= 15 is 0 Å². The number of nitrogens with two attached hydrogens (primary N) is 1. The number of sulfonamides is 1. The van der Waals surface area contributed by atoms with Crippen molar-refractivity contribution < 1.29 is 12.8 Å². The van der Waals surface area contributed by atoms with E-state index in [0.29, 0.717) is 20.2 Å². The van der Waals surface area contributed by atoms with Crippen molar-refractivity contribution in [3.63, 3.8) is 0 Å². The maximum absolute atomic E-state index is 13.8. The zero-order valence-electron chi connectivity index (χ0n) is 10.6. The van der Waals surface area contributed by atoms with Crippen molar-refractivity contribution in [3.05, 3.63) is 56.7 Å². The third kappa shape index (κ3) is 3.63. The summed E-state index contributed by atoms with van der Waals surface area (Å²) in [5.74, 6) is -0.831. The van der Waals surface area contributed by atoms with Gasteiger partial charge in [-0.2, -0.15) is 0 Å². The first kappa shape index (κ1) is 16.4. The Kier molecular flexibility index (Phi) is 5.03. The molecule has 112 valence electrons. The SMILES string of the molecule is NCc1ccc(F)c(S(=O)(=O)Nc2c(Br)cccc2Br)c1. The van der Waals surface area contributed by atoms with Crippen LogP contribution in [0.15, 0.2) is 50.2 Å². The highest BCUT2D eigenvalue weighted by Crippen LogP contribution is 2.32. The molecule has 3 N–H and O–H groups in total. The highest BCUT2D eigenvalue weighted by atomic mass is 79.9. The molecule has 2 rings (SSSR count). The van der Waals surface area contributed by atoms with E-state index in [4.69, 9.17) is 5.73 Å². The maximum Gasteiger partial charge on any atom is 0.264 e. The second-order valence-electron chi connectivity index (χ2n) is 4.17. The van der Waals surface area contributed by atoms with Crippen molar-refractivity contribution in [3.8, 4) is 0 Å². The van der Waals surface area contributed by atoms with E-state index in [0.717, 1.165) is 6.07 Å². The molecular formula is C13H11Br2FN2O2S. The average molecular weight is 438 g/mol. The standard InChI is InChI=1S/C13H11Br2FN2O2S/c14-9-2-1-3-10(15)13(9)18-21(19,20)12-6-8(7-17)4-5-11(12)16/h1-6,18H,7,17H2. The molecule has 0 aliphatic rings. The minimum absolute atomic E-state index is 0.127. The molecule has 0 aliphatic carbocycles. The third-order valence-corrected chi connectivity index (χ3v) is 5.41. The van der Waals surface area contributed by atoms with Crippen molar-refractivity contribution in [1.82, 2.24) is 0 Å². The van der Waals surface area contributed by atoms with Crippen LogP contribution in [0.5, 0.6) is 0 Å². The first-order valence-corrected chi connectivity index (χ1v) is 8.87. The van der Waals surface area contributed by atoms with Crippen LogP contribution in [0.1, 0.15) is 5.56 Å². The number of halogens is 3. The van der Waals surface area contributed by atoms with Crippen LogP contribution in [0, 0.1) is 5.82 Å². The molecule has 0 spiro atoms. The first-order chi connectivity index (χ1) is 9.85. The van der Waals surface area contributed by atoms with Crippen LogP contribution in [0.25, 0.3) is 0 Å². The van der Waals surface area contributed by atoms with Crippen molar-refractivity contribution >= 4 is 47.6 Å². The van der Waals surface area contributed by atoms with Gasteiger partial charge in [0.25, 0.3) is 10.0 Å². The first-order valence-electron chi connectivity index (χ1n) is 5.80. The number of benzene rings is 2. The van der Waals surface area contributed by atoms with E-state index in [1.54, 1.807) is 18.2 Å². The zero-order chi connectivity index (χ0) is 15.6. The number of nitrogens with one attached hydrogen (secondary N) is 1. The van der Waals surface area contributed by atoms with E-state index in [2.05, 4.69) is 36.6 Å². The summed E-state index contributed by atoms with van der Waals surface area (Å²) in [6.45, 7) is 0.127. The molecular weight excluding hydrogens is 427 g/mol. The number of rotatable bonds is 4. The summed E-state index contributed by atoms with van der Waals surface area (Å²) in [4.78, 5) is -0.437. The lowest BCUT2D eigenvalue weighted by molar-refractivity contribution is 0.569. The Labute approximate surface area is 138 Å². The van der Waals surface area contributed by atoms with Crippen LogP contribution in [0.4, 0.5) is 10.1 Å². The number of hydrogen-bond acceptors (Lipinski definition) is 3. The van der Waals surface area contributed by atoms with Gasteiger partial charge in [0.1, 0.15) is 10.7 Å². The molecule has 4 nitrogen and oxygen atoms in total. The quantitative estimate of drug-likeness (QED) is 0.767. The average Bonchev–Trinajstić information content (AvgIpc) is 2.43. The van der Waals surface area contributed by atoms with Gasteiger partial charge in [-0.25, -0.2) is 12.8 Å². The van der Waals surface area contributed by atoms with E-state index in [1.807, 2.05) is 0 Å². The van der Waals surface area contributed by atoms with Crippen LogP contribution in [0.2, 0.25) is 0 Å². The number of anilines is 1. The Hall–Kier alpha value is -0.960. The van der Waals surface area contributed by atoms with Gasteiger partial charge < -0.3 is 5.73 Å². The minimum Gasteiger partial charge on any atom is -0.326 e. The lowest BCUT2D eigenvalue weighted by Gasteiger charge is -2.12. The largest absolute Gasteiger partial charge is 0.326 e. The summed E-state index contributed by atoms with van der Waals surface area (Å²) >= 11 is 6.50. The Bertz CT molecular complexity index is 761. The van der Waals surface area contributed by atoms with Gasteiger partial charge in [-0.3, -0.25) is 4.72 Å². The van der Waals surface area contributed by atoms with E-state index in [-0.39, 0.29) is 6.54 Å². The molecule has 0 saturated carbocycles. The monoisotopic (exact) mass is 436 g/mol. The normalized spacial score (nSPS) is 11.4. The van der Waals surface area contributed by atoms with Gasteiger partial charge in [-0.1, -0.05) is 12.1 Å². The summed E-state index contributed by atoms with van der Waals surface area (Å²) < 4.78 is 42.0. The topological polar surface area (TPSA) is 72.2 Å². The summed E-state index contributed by atoms with van der Waals surface area (Å²) in [7, 11) is -4.06. The van der Waals surface area contributed by atoms with Crippen LogP contribution in [-0.2, 0) is 16.6 Å². The van der Waals surface area contributed by atoms with Crippen molar-refractivity contribution in [2.75, 3.05) is 4.72 Å². The summed E-state index contributed by atoms with van der Waals surface area (Å²) in [6.07, 6.45) is 0. The van der Waals surface area contributed by atoms with E-state index in [1.165, 1.54) is 12.1 Å². The van der Waals surface area contributed by atoms with Gasteiger partial charge in [0.05, 0.1) is 5.69 Å². The third-order valence-electron chi connectivity index (χ3n) is 2.72. The van der Waals surface area contributed by atoms with Crippen molar-refractivity contribution in [1.29, 1.82) is 0 Å². The summed E-state index contributed by atoms with van der Waals surface area (Å²) in [6, 6.07) is 8.85. The molecule has 0 amide bonds. The van der Waals surface area contributed by atoms with E-state index < -0.39 is 20.7 Å². The molecule has 8 heteroatoms. The van der Waals surface area contributed by atoms with Crippen molar-refractivity contribution in [2.24, 2.45) is 5.73 Å². The van der Waals surface area contributed by atoms with Gasteiger partial charge in [-0.15, -0.1) is 0 Å². The minimum atomic E-state index is -4.06. The molecule has 0 fully saturated rings. The molecule has 0 aromatic heterocycles. The second kappa shape index (κ2) is 6.43. The molecule has 21 heavy (non-hydrogen) atoms. The molecule has 0 aliphatic heterocycles. The fraction of sp³-hybridized carbons (Fsp3) is 0.0769. The molecule has 0 heterocycles. The Morgan fingerprint density at radius 2 is 1.76 bits per heavy atom. The molecule has 0 saturated heterocycles. The molecule has 0 unspecified atom stereocenters. The predicted octanol–water partition coefficient (Wildman–Crippen LogP) is 3.61. The lowest BCUT2D eigenvalue weighted by Crippen LogP contribution is -2.16. The fourth-order valence-electron chi connectivity index (χ4n) is 1.67. The van der Waals surface area contributed by atoms with Crippen LogP contribution in [0.3, 0.4) is 0 Å². The molecule has 0 radical (unpaired) electrons. The van der Waals surface area contributed by atoms with Gasteiger partial charge in [0.15, 0.2) is 0 Å². The zero-order valence-corrected chi connectivity index (χ0v) is 14.6. The van der Waals surface area contributed by atoms with Crippen molar-refractivity contribution in [2.45, 2.75) is 11.4 Å². The van der Waals surface area contributed by atoms with Gasteiger partial charge in [0, 0.05) is 15.5 Å². The van der Waals surface area contributed by atoms with Gasteiger partial charge in [0.2, 0.25) is 0 Å². The second-order valence-corrected chi connectivity index (χ2v) is 7.53.